The third-order valence-electron chi connectivity index (χ3n) is 6.09. The van der Waals surface area contributed by atoms with E-state index in [1.807, 2.05) is 47.4 Å². The molecule has 3 aromatic carbocycles. The molecular weight excluding hydrogens is 365 g/mol. The zero-order chi connectivity index (χ0) is 19.8. The summed E-state index contributed by atoms with van der Waals surface area (Å²) in [5.41, 5.74) is 5.38. The predicted molar refractivity (Wildman–Crippen MR) is 110 cm³/mol. The van der Waals surface area contributed by atoms with E-state index in [-0.39, 0.29) is 24.6 Å². The van der Waals surface area contributed by atoms with E-state index in [1.54, 1.807) is 12.1 Å². The lowest BCUT2D eigenvalue weighted by molar-refractivity contribution is 0.0694. The van der Waals surface area contributed by atoms with Crippen LogP contribution in [0.3, 0.4) is 0 Å². The second-order valence-electron chi connectivity index (χ2n) is 7.82. The molecule has 1 aliphatic carbocycles. The maximum absolute atomic E-state index is 13.6. The number of nitrogens with zero attached hydrogens (tertiary/aromatic N) is 1. The number of amides is 1. The van der Waals surface area contributed by atoms with Crippen LogP contribution >= 0.6 is 0 Å². The second kappa shape index (κ2) is 7.36. The van der Waals surface area contributed by atoms with Crippen LogP contribution in [0.1, 0.15) is 41.5 Å². The van der Waals surface area contributed by atoms with Gasteiger partial charge < -0.3 is 9.64 Å². The molecule has 1 heterocycles. The lowest BCUT2D eigenvalue weighted by Gasteiger charge is -2.32. The van der Waals surface area contributed by atoms with E-state index in [4.69, 9.17) is 4.74 Å². The predicted octanol–water partition coefficient (Wildman–Crippen LogP) is 6.06. The van der Waals surface area contributed by atoms with Crippen molar-refractivity contribution in [3.05, 3.63) is 95.3 Å². The number of halogens is 1. The third-order valence-corrected chi connectivity index (χ3v) is 6.09. The van der Waals surface area contributed by atoms with E-state index in [0.29, 0.717) is 12.5 Å². The number of rotatable bonds is 3. The standard InChI is InChI=1S/C25H22FNO2/c26-21-8-4-7-18(13-21)19-9-10-22-23(14-19)20-11-12-27(24(22)15-20)25(28)29-16-17-5-2-1-3-6-17/h1-10,13-14,20,24H,11-12,15-16H2. The molecule has 29 heavy (non-hydrogen) atoms. The molecule has 146 valence electrons. The number of fused-ring (bicyclic) bond motifs is 5. The first-order valence-electron chi connectivity index (χ1n) is 10.1. The Hall–Kier alpha value is -3.14. The summed E-state index contributed by atoms with van der Waals surface area (Å²) in [5.74, 6) is 0.218. The molecule has 2 bridgehead atoms. The Balaban J connectivity index is 1.36. The van der Waals surface area contributed by atoms with E-state index < -0.39 is 0 Å². The Bertz CT molecular complexity index is 1050. The maximum Gasteiger partial charge on any atom is 0.410 e. The molecular formula is C25H22FNO2. The van der Waals surface area contributed by atoms with Gasteiger partial charge in [0.1, 0.15) is 12.4 Å². The van der Waals surface area contributed by atoms with E-state index >= 15 is 0 Å². The van der Waals surface area contributed by atoms with Gasteiger partial charge in [-0.3, -0.25) is 0 Å². The van der Waals surface area contributed by atoms with Crippen molar-refractivity contribution in [3.63, 3.8) is 0 Å². The minimum atomic E-state index is -0.251. The largest absolute Gasteiger partial charge is 0.445 e. The zero-order valence-electron chi connectivity index (χ0n) is 16.1. The maximum atomic E-state index is 13.6. The van der Waals surface area contributed by atoms with E-state index in [0.717, 1.165) is 29.5 Å². The molecule has 0 aromatic heterocycles. The summed E-state index contributed by atoms with van der Waals surface area (Å²) in [6, 6.07) is 22.8. The smallest absolute Gasteiger partial charge is 0.410 e. The number of likely N-dealkylation sites (tertiary alicyclic amines) is 1. The van der Waals surface area contributed by atoms with Gasteiger partial charge in [-0.15, -0.1) is 0 Å². The van der Waals surface area contributed by atoms with Gasteiger partial charge in [0.2, 0.25) is 0 Å². The zero-order valence-corrected chi connectivity index (χ0v) is 16.1. The number of carbonyl (C=O) groups excluding carboxylic acids is 1. The van der Waals surface area contributed by atoms with Crippen LogP contribution in [0.25, 0.3) is 11.1 Å². The summed E-state index contributed by atoms with van der Waals surface area (Å²) >= 11 is 0. The number of hydrogen-bond acceptors (Lipinski definition) is 2. The van der Waals surface area contributed by atoms with Gasteiger partial charge in [-0.25, -0.2) is 9.18 Å². The van der Waals surface area contributed by atoms with Crippen molar-refractivity contribution in [2.24, 2.45) is 0 Å². The van der Waals surface area contributed by atoms with Gasteiger partial charge in [-0.2, -0.15) is 0 Å². The minimum Gasteiger partial charge on any atom is -0.445 e. The van der Waals surface area contributed by atoms with Gasteiger partial charge in [0.05, 0.1) is 6.04 Å². The normalized spacial score (nSPS) is 19.7. The van der Waals surface area contributed by atoms with Gasteiger partial charge >= 0.3 is 6.09 Å². The monoisotopic (exact) mass is 387 g/mol. The van der Waals surface area contributed by atoms with E-state index in [9.17, 15) is 9.18 Å². The first-order chi connectivity index (χ1) is 14.2. The van der Waals surface area contributed by atoms with Crippen LogP contribution < -0.4 is 0 Å². The Morgan fingerprint density at radius 3 is 2.62 bits per heavy atom. The number of ether oxygens (including phenoxy) is 1. The van der Waals surface area contributed by atoms with Crippen LogP contribution in [0, 0.1) is 5.82 Å². The molecule has 5 rings (SSSR count). The van der Waals surface area contributed by atoms with Crippen LogP contribution in [-0.2, 0) is 11.3 Å². The van der Waals surface area contributed by atoms with Crippen molar-refractivity contribution < 1.29 is 13.9 Å². The fraction of sp³-hybridized carbons (Fsp3) is 0.240. The van der Waals surface area contributed by atoms with Gasteiger partial charge in [0.25, 0.3) is 0 Å². The summed E-state index contributed by atoms with van der Waals surface area (Å²) < 4.78 is 19.2. The summed E-state index contributed by atoms with van der Waals surface area (Å²) in [4.78, 5) is 14.6. The average Bonchev–Trinajstić information content (AvgIpc) is 3.04. The molecule has 1 aliphatic heterocycles. The first kappa shape index (κ1) is 17.9. The molecule has 3 aromatic rings. The van der Waals surface area contributed by atoms with Crippen LogP contribution in [0.15, 0.2) is 72.8 Å². The first-order valence-corrected chi connectivity index (χ1v) is 10.1. The summed E-state index contributed by atoms with van der Waals surface area (Å²) in [7, 11) is 0. The topological polar surface area (TPSA) is 29.5 Å². The molecule has 2 unspecified atom stereocenters. The summed E-state index contributed by atoms with van der Waals surface area (Å²) in [5, 5.41) is 0. The molecule has 1 amide bonds. The number of hydrogen-bond donors (Lipinski definition) is 0. The number of benzene rings is 3. The van der Waals surface area contributed by atoms with Crippen molar-refractivity contribution in [2.45, 2.75) is 31.4 Å². The highest BCUT2D eigenvalue weighted by Crippen LogP contribution is 2.50. The van der Waals surface area contributed by atoms with Gasteiger partial charge in [-0.1, -0.05) is 60.7 Å². The van der Waals surface area contributed by atoms with Crippen LogP contribution in [0.2, 0.25) is 0 Å². The van der Waals surface area contributed by atoms with Crippen LogP contribution in [-0.4, -0.2) is 17.5 Å². The number of carbonyl (C=O) groups is 1. The SMILES string of the molecule is O=C(OCc1ccccc1)N1CCC2CC1c1ccc(-c3cccc(F)c3)cc12. The minimum absolute atomic E-state index is 0.0635. The summed E-state index contributed by atoms with van der Waals surface area (Å²) in [6.45, 7) is 0.991. The molecule has 0 radical (unpaired) electrons. The van der Waals surface area contributed by atoms with Crippen molar-refractivity contribution in [2.75, 3.05) is 6.54 Å². The third kappa shape index (κ3) is 3.39. The Labute approximate surface area is 169 Å². The Morgan fingerprint density at radius 2 is 1.79 bits per heavy atom. The van der Waals surface area contributed by atoms with Gasteiger partial charge in [-0.05, 0) is 58.7 Å². The molecule has 0 spiro atoms. The average molecular weight is 387 g/mol. The lowest BCUT2D eigenvalue weighted by Crippen LogP contribution is -2.37. The van der Waals surface area contributed by atoms with Crippen molar-refractivity contribution in [1.82, 2.24) is 4.90 Å². The highest BCUT2D eigenvalue weighted by atomic mass is 19.1. The molecule has 1 fully saturated rings. The fourth-order valence-corrected chi connectivity index (χ4v) is 4.64. The van der Waals surface area contributed by atoms with Crippen LogP contribution in [0.4, 0.5) is 9.18 Å². The Morgan fingerprint density at radius 1 is 0.966 bits per heavy atom. The van der Waals surface area contributed by atoms with Gasteiger partial charge in [0, 0.05) is 6.54 Å². The fourth-order valence-electron chi connectivity index (χ4n) is 4.64. The number of piperidine rings is 1. The molecule has 1 saturated heterocycles. The molecule has 2 aliphatic rings. The van der Waals surface area contributed by atoms with E-state index in [2.05, 4.69) is 12.1 Å². The van der Waals surface area contributed by atoms with Gasteiger partial charge in [0.15, 0.2) is 0 Å². The van der Waals surface area contributed by atoms with Crippen molar-refractivity contribution in [3.8, 4) is 11.1 Å². The van der Waals surface area contributed by atoms with Crippen molar-refractivity contribution in [1.29, 1.82) is 0 Å². The molecule has 0 saturated carbocycles. The molecule has 0 N–H and O–H groups in total. The molecule has 2 atom stereocenters. The lowest BCUT2D eigenvalue weighted by atomic mass is 9.93. The summed E-state index contributed by atoms with van der Waals surface area (Å²) in [6.07, 6.45) is 1.61. The van der Waals surface area contributed by atoms with Crippen LogP contribution in [0.5, 0.6) is 0 Å². The van der Waals surface area contributed by atoms with E-state index in [1.165, 1.54) is 17.2 Å². The quantitative estimate of drug-likeness (QED) is 0.546. The highest BCUT2D eigenvalue weighted by molar-refractivity contribution is 5.71. The molecule has 4 heteroatoms. The molecule has 3 nitrogen and oxygen atoms in total. The highest BCUT2D eigenvalue weighted by Gasteiger charge is 2.41. The van der Waals surface area contributed by atoms with Crippen molar-refractivity contribution >= 4 is 6.09 Å². The Kier molecular flexibility index (Phi) is 4.55. The second-order valence-corrected chi connectivity index (χ2v) is 7.82.